The standard InChI is InChI=1S/C28H25NO8/c1-33-26(31)19-14-29-11-9-17-12-21-22(36-15-35-21)13-18(17)23-20(37-25(30)16-6-4-3-5-7-16)8-10-28(23,29)24(19)27(32)34-2/h3-7,12-13H,8-11,14-15H2,1-2H3. The van der Waals surface area contributed by atoms with E-state index in [1.807, 2.05) is 18.2 Å². The van der Waals surface area contributed by atoms with E-state index in [-0.39, 0.29) is 24.5 Å². The van der Waals surface area contributed by atoms with Gasteiger partial charge in [0.2, 0.25) is 6.79 Å². The van der Waals surface area contributed by atoms with E-state index in [1.54, 1.807) is 24.3 Å². The Labute approximate surface area is 213 Å². The molecule has 0 bridgehead atoms. The van der Waals surface area contributed by atoms with E-state index in [0.717, 1.165) is 11.1 Å². The summed E-state index contributed by atoms with van der Waals surface area (Å²) >= 11 is 0. The summed E-state index contributed by atoms with van der Waals surface area (Å²) in [7, 11) is 2.58. The lowest BCUT2D eigenvalue weighted by molar-refractivity contribution is -0.139. The topological polar surface area (TPSA) is 101 Å². The molecule has 9 nitrogen and oxygen atoms in total. The Bertz CT molecular complexity index is 1390. The molecule has 0 fully saturated rings. The number of nitrogens with zero attached hydrogens (tertiary/aromatic N) is 1. The van der Waals surface area contributed by atoms with Gasteiger partial charge in [0.05, 0.1) is 36.5 Å². The number of allylic oxidation sites excluding steroid dienone is 1. The third-order valence-corrected chi connectivity index (χ3v) is 7.58. The number of methoxy groups -OCH3 is 2. The molecule has 9 heteroatoms. The predicted molar refractivity (Wildman–Crippen MR) is 130 cm³/mol. The summed E-state index contributed by atoms with van der Waals surface area (Å²) < 4.78 is 27.6. The van der Waals surface area contributed by atoms with Crippen molar-refractivity contribution in [3.05, 3.63) is 76.1 Å². The summed E-state index contributed by atoms with van der Waals surface area (Å²) in [5.41, 5.74) is 2.32. The maximum absolute atomic E-state index is 13.3. The summed E-state index contributed by atoms with van der Waals surface area (Å²) in [6, 6.07) is 12.6. The SMILES string of the molecule is COC(=O)C1=C(C(=O)OC)C23CCC(OC(=O)c4ccccc4)=C2c2cc4c(cc2CCN3C1)OCO4. The fourth-order valence-electron chi connectivity index (χ4n) is 6.01. The number of fused-ring (bicyclic) bond motifs is 3. The molecule has 0 aromatic heterocycles. The highest BCUT2D eigenvalue weighted by molar-refractivity contribution is 6.08. The number of benzene rings is 2. The van der Waals surface area contributed by atoms with Gasteiger partial charge < -0.3 is 23.7 Å². The number of hydrogen-bond acceptors (Lipinski definition) is 9. The van der Waals surface area contributed by atoms with E-state index in [0.29, 0.717) is 54.2 Å². The summed E-state index contributed by atoms with van der Waals surface area (Å²) in [6.07, 6.45) is 1.44. The van der Waals surface area contributed by atoms with E-state index in [4.69, 9.17) is 23.7 Å². The van der Waals surface area contributed by atoms with Gasteiger partial charge >= 0.3 is 17.9 Å². The normalized spacial score (nSPS) is 21.7. The van der Waals surface area contributed by atoms with E-state index in [9.17, 15) is 14.4 Å². The number of carbonyl (C=O) groups excluding carboxylic acids is 3. The second-order valence-corrected chi connectivity index (χ2v) is 9.28. The summed E-state index contributed by atoms with van der Waals surface area (Å²) in [4.78, 5) is 41.4. The molecular formula is C28H25NO8. The smallest absolute Gasteiger partial charge is 0.343 e. The summed E-state index contributed by atoms with van der Waals surface area (Å²) in [5, 5.41) is 0. The van der Waals surface area contributed by atoms with E-state index in [1.165, 1.54) is 14.2 Å². The number of carbonyl (C=O) groups is 3. The lowest BCUT2D eigenvalue weighted by Gasteiger charge is -2.37. The van der Waals surface area contributed by atoms with Crippen molar-refractivity contribution in [3.8, 4) is 11.5 Å². The van der Waals surface area contributed by atoms with Crippen LogP contribution in [0.4, 0.5) is 0 Å². The quantitative estimate of drug-likeness (QED) is 0.460. The third kappa shape index (κ3) is 3.45. The fraction of sp³-hybridized carbons (Fsp3) is 0.321. The number of ether oxygens (including phenoxy) is 5. The van der Waals surface area contributed by atoms with Crippen molar-refractivity contribution in [1.82, 2.24) is 4.90 Å². The first-order valence-corrected chi connectivity index (χ1v) is 12.1. The Hall–Kier alpha value is -4.11. The van der Waals surface area contributed by atoms with Gasteiger partial charge in [0.1, 0.15) is 5.76 Å². The third-order valence-electron chi connectivity index (χ3n) is 7.58. The average molecular weight is 504 g/mol. The Morgan fingerprint density at radius 2 is 1.65 bits per heavy atom. The van der Waals surface area contributed by atoms with Gasteiger partial charge in [-0.3, -0.25) is 4.90 Å². The molecule has 190 valence electrons. The maximum Gasteiger partial charge on any atom is 0.343 e. The molecule has 0 N–H and O–H groups in total. The van der Waals surface area contributed by atoms with Gasteiger partial charge in [-0.05, 0) is 48.2 Å². The minimum atomic E-state index is -1.03. The molecule has 1 atom stereocenters. The zero-order valence-corrected chi connectivity index (χ0v) is 20.5. The fourth-order valence-corrected chi connectivity index (χ4v) is 6.01. The second kappa shape index (κ2) is 8.77. The van der Waals surface area contributed by atoms with Gasteiger partial charge in [0.15, 0.2) is 11.5 Å². The predicted octanol–water partition coefficient (Wildman–Crippen LogP) is 3.03. The van der Waals surface area contributed by atoms with Crippen molar-refractivity contribution in [2.24, 2.45) is 0 Å². The first-order valence-electron chi connectivity index (χ1n) is 12.1. The van der Waals surface area contributed by atoms with E-state index in [2.05, 4.69) is 4.90 Å². The number of esters is 3. The molecule has 4 aliphatic rings. The number of rotatable bonds is 4. The maximum atomic E-state index is 13.3. The van der Waals surface area contributed by atoms with Gasteiger partial charge in [-0.2, -0.15) is 0 Å². The molecule has 2 aromatic carbocycles. The molecular weight excluding hydrogens is 478 g/mol. The molecule has 3 aliphatic heterocycles. The van der Waals surface area contributed by atoms with E-state index < -0.39 is 23.4 Å². The molecule has 1 unspecified atom stereocenters. The molecule has 0 saturated heterocycles. The van der Waals surface area contributed by atoms with Crippen LogP contribution in [0.15, 0.2) is 59.4 Å². The second-order valence-electron chi connectivity index (χ2n) is 9.28. The zero-order chi connectivity index (χ0) is 25.7. The first kappa shape index (κ1) is 23.3. The number of hydrogen-bond donors (Lipinski definition) is 0. The lowest BCUT2D eigenvalue weighted by Crippen LogP contribution is -2.47. The Morgan fingerprint density at radius 1 is 0.919 bits per heavy atom. The van der Waals surface area contributed by atoms with Gasteiger partial charge in [-0.25, -0.2) is 14.4 Å². The molecule has 3 heterocycles. The molecule has 6 rings (SSSR count). The van der Waals surface area contributed by atoms with Gasteiger partial charge in [0, 0.05) is 25.1 Å². The van der Waals surface area contributed by atoms with Crippen LogP contribution in [0.25, 0.3) is 5.57 Å². The van der Waals surface area contributed by atoms with Crippen LogP contribution < -0.4 is 9.47 Å². The van der Waals surface area contributed by atoms with Crippen molar-refractivity contribution in [2.75, 3.05) is 34.1 Å². The zero-order valence-electron chi connectivity index (χ0n) is 20.5. The van der Waals surface area contributed by atoms with Crippen LogP contribution in [0.5, 0.6) is 11.5 Å². The molecule has 1 spiro atoms. The first-order chi connectivity index (χ1) is 18.0. The van der Waals surface area contributed by atoms with Crippen LogP contribution in [0.1, 0.15) is 34.3 Å². The van der Waals surface area contributed by atoms with E-state index >= 15 is 0 Å². The van der Waals surface area contributed by atoms with Crippen molar-refractivity contribution >= 4 is 23.5 Å². The van der Waals surface area contributed by atoms with Crippen molar-refractivity contribution < 1.29 is 38.1 Å². The minimum absolute atomic E-state index is 0.115. The van der Waals surface area contributed by atoms with Gasteiger partial charge in [-0.1, -0.05) is 18.2 Å². The van der Waals surface area contributed by atoms with Crippen LogP contribution in [0.2, 0.25) is 0 Å². The van der Waals surface area contributed by atoms with Crippen LogP contribution >= 0.6 is 0 Å². The summed E-state index contributed by atoms with van der Waals surface area (Å²) in [6.45, 7) is 0.877. The highest BCUT2D eigenvalue weighted by Gasteiger charge is 2.59. The molecule has 0 amide bonds. The molecule has 1 aliphatic carbocycles. The van der Waals surface area contributed by atoms with Crippen molar-refractivity contribution in [2.45, 2.75) is 24.8 Å². The molecule has 0 radical (unpaired) electrons. The van der Waals surface area contributed by atoms with Crippen LogP contribution in [-0.2, 0) is 30.2 Å². The lowest BCUT2D eigenvalue weighted by atomic mass is 9.79. The van der Waals surface area contributed by atoms with Crippen molar-refractivity contribution in [3.63, 3.8) is 0 Å². The monoisotopic (exact) mass is 503 g/mol. The van der Waals surface area contributed by atoms with Crippen molar-refractivity contribution in [1.29, 1.82) is 0 Å². The molecule has 0 saturated carbocycles. The Morgan fingerprint density at radius 3 is 2.38 bits per heavy atom. The van der Waals surface area contributed by atoms with Crippen LogP contribution in [0.3, 0.4) is 0 Å². The minimum Gasteiger partial charge on any atom is -0.466 e. The summed E-state index contributed by atoms with van der Waals surface area (Å²) in [5.74, 6) is -0.00924. The average Bonchev–Trinajstić information content (AvgIpc) is 3.60. The Kier molecular flexibility index (Phi) is 5.52. The van der Waals surface area contributed by atoms with Gasteiger partial charge in [0.25, 0.3) is 0 Å². The molecule has 37 heavy (non-hydrogen) atoms. The largest absolute Gasteiger partial charge is 0.466 e. The molecule has 2 aromatic rings. The van der Waals surface area contributed by atoms with Gasteiger partial charge in [-0.15, -0.1) is 0 Å². The Balaban J connectivity index is 1.59. The highest BCUT2D eigenvalue weighted by Crippen LogP contribution is 2.57. The van der Waals surface area contributed by atoms with Crippen LogP contribution in [0, 0.1) is 0 Å². The van der Waals surface area contributed by atoms with Crippen LogP contribution in [-0.4, -0.2) is 62.4 Å². The highest BCUT2D eigenvalue weighted by atomic mass is 16.7.